The Bertz CT molecular complexity index is 559. The second-order valence-corrected chi connectivity index (χ2v) is 8.11. The van der Waals surface area contributed by atoms with Gasteiger partial charge in [-0.1, -0.05) is 17.7 Å². The summed E-state index contributed by atoms with van der Waals surface area (Å²) in [5.41, 5.74) is 4.75. The summed E-state index contributed by atoms with van der Waals surface area (Å²) < 4.78 is 5.34. The first-order valence-corrected chi connectivity index (χ1v) is 8.98. The van der Waals surface area contributed by atoms with Crippen molar-refractivity contribution in [3.63, 3.8) is 0 Å². The molecule has 1 fully saturated rings. The fourth-order valence-electron chi connectivity index (χ4n) is 3.47. The van der Waals surface area contributed by atoms with E-state index in [1.807, 2.05) is 20.8 Å². The highest BCUT2D eigenvalue weighted by atomic mass is 16.6. The molecule has 1 saturated carbocycles. The van der Waals surface area contributed by atoms with Crippen molar-refractivity contribution < 1.29 is 9.53 Å². The van der Waals surface area contributed by atoms with E-state index < -0.39 is 5.60 Å². The number of rotatable bonds is 3. The van der Waals surface area contributed by atoms with Gasteiger partial charge >= 0.3 is 6.09 Å². The van der Waals surface area contributed by atoms with Gasteiger partial charge in [0.25, 0.3) is 0 Å². The van der Waals surface area contributed by atoms with Crippen molar-refractivity contribution in [1.29, 1.82) is 0 Å². The molecule has 0 aromatic heterocycles. The Hall–Kier alpha value is -1.71. The van der Waals surface area contributed by atoms with Crippen LogP contribution in [0.3, 0.4) is 0 Å². The van der Waals surface area contributed by atoms with Gasteiger partial charge in [0.2, 0.25) is 0 Å². The summed E-state index contributed by atoms with van der Waals surface area (Å²) in [6.07, 6.45) is 3.80. The maximum absolute atomic E-state index is 11.9. The summed E-state index contributed by atoms with van der Waals surface area (Å²) in [6.45, 7) is 12.1. The Kier molecular flexibility index (Phi) is 5.79. The second-order valence-electron chi connectivity index (χ2n) is 8.11. The fraction of sp³-hybridized carbons (Fsp3) is 0.650. The van der Waals surface area contributed by atoms with Gasteiger partial charge in [-0.25, -0.2) is 4.79 Å². The lowest BCUT2D eigenvalue weighted by molar-refractivity contribution is 0.0492. The van der Waals surface area contributed by atoms with Gasteiger partial charge in [0.1, 0.15) is 5.60 Å². The van der Waals surface area contributed by atoms with E-state index in [9.17, 15) is 4.79 Å². The molecule has 0 unspecified atom stereocenters. The minimum Gasteiger partial charge on any atom is -0.444 e. The fourth-order valence-corrected chi connectivity index (χ4v) is 3.47. The smallest absolute Gasteiger partial charge is 0.407 e. The van der Waals surface area contributed by atoms with Gasteiger partial charge in [0.15, 0.2) is 0 Å². The lowest BCUT2D eigenvalue weighted by Gasteiger charge is -2.31. The van der Waals surface area contributed by atoms with Gasteiger partial charge in [-0.3, -0.25) is 0 Å². The van der Waals surface area contributed by atoms with E-state index >= 15 is 0 Å². The molecule has 0 spiro atoms. The Labute approximate surface area is 146 Å². The molecule has 1 aromatic carbocycles. The van der Waals surface area contributed by atoms with Crippen LogP contribution >= 0.6 is 0 Å². The van der Waals surface area contributed by atoms with Crippen molar-refractivity contribution in [3.05, 3.63) is 28.8 Å². The summed E-state index contributed by atoms with van der Waals surface area (Å²) in [4.78, 5) is 11.9. The van der Waals surface area contributed by atoms with Gasteiger partial charge in [-0.05, 0) is 78.4 Å². The molecule has 0 bridgehead atoms. The summed E-state index contributed by atoms with van der Waals surface area (Å²) in [5, 5.41) is 6.71. The maximum atomic E-state index is 11.9. The Morgan fingerprint density at radius 2 is 1.50 bits per heavy atom. The SMILES string of the molecule is Cc1cc(C)c(NC2CCC(NC(=O)OC(C)(C)C)CC2)c(C)c1. The number of anilines is 1. The zero-order valence-corrected chi connectivity index (χ0v) is 16.0. The number of amides is 1. The highest BCUT2D eigenvalue weighted by Gasteiger charge is 2.25. The molecule has 4 nitrogen and oxygen atoms in total. The summed E-state index contributed by atoms with van der Waals surface area (Å²) in [6, 6.07) is 5.15. The van der Waals surface area contributed by atoms with Crippen LogP contribution in [0.5, 0.6) is 0 Å². The number of alkyl carbamates (subject to hydrolysis) is 1. The largest absolute Gasteiger partial charge is 0.444 e. The number of ether oxygens (including phenoxy) is 1. The summed E-state index contributed by atoms with van der Waals surface area (Å²) >= 11 is 0. The van der Waals surface area contributed by atoms with Crippen LogP contribution in [-0.4, -0.2) is 23.8 Å². The third-order valence-electron chi connectivity index (χ3n) is 4.47. The third kappa shape index (κ3) is 5.43. The predicted octanol–water partition coefficient (Wildman–Crippen LogP) is 4.86. The van der Waals surface area contributed by atoms with Crippen molar-refractivity contribution >= 4 is 11.8 Å². The molecular formula is C20H32N2O2. The Morgan fingerprint density at radius 1 is 1.00 bits per heavy atom. The van der Waals surface area contributed by atoms with Crippen molar-refractivity contribution in [2.75, 3.05) is 5.32 Å². The molecule has 1 aliphatic rings. The van der Waals surface area contributed by atoms with E-state index in [1.54, 1.807) is 0 Å². The molecule has 0 radical (unpaired) electrons. The van der Waals surface area contributed by atoms with E-state index in [1.165, 1.54) is 22.4 Å². The molecule has 1 amide bonds. The van der Waals surface area contributed by atoms with Crippen molar-refractivity contribution in [1.82, 2.24) is 5.32 Å². The number of hydrogen-bond donors (Lipinski definition) is 2. The lowest BCUT2D eigenvalue weighted by Crippen LogP contribution is -2.42. The molecule has 24 heavy (non-hydrogen) atoms. The first-order chi connectivity index (χ1) is 11.1. The van der Waals surface area contributed by atoms with Crippen LogP contribution in [0.2, 0.25) is 0 Å². The molecule has 0 saturated heterocycles. The van der Waals surface area contributed by atoms with Gasteiger partial charge in [0.05, 0.1) is 0 Å². The average Bonchev–Trinajstić information content (AvgIpc) is 2.42. The van der Waals surface area contributed by atoms with Crippen molar-refractivity contribution in [2.45, 2.75) is 84.9 Å². The predicted molar refractivity (Wildman–Crippen MR) is 99.7 cm³/mol. The molecule has 2 N–H and O–H groups in total. The van der Waals surface area contributed by atoms with E-state index in [0.717, 1.165) is 25.7 Å². The minimum atomic E-state index is -0.441. The Morgan fingerprint density at radius 3 is 2.00 bits per heavy atom. The molecular weight excluding hydrogens is 300 g/mol. The lowest BCUT2D eigenvalue weighted by atomic mass is 9.90. The molecule has 2 rings (SSSR count). The van der Waals surface area contributed by atoms with Crippen molar-refractivity contribution in [2.24, 2.45) is 0 Å². The van der Waals surface area contributed by atoms with Crippen LogP contribution in [0.25, 0.3) is 0 Å². The molecule has 0 atom stereocenters. The van der Waals surface area contributed by atoms with Crippen LogP contribution in [0.15, 0.2) is 12.1 Å². The van der Waals surface area contributed by atoms with Gasteiger partial charge in [0, 0.05) is 17.8 Å². The topological polar surface area (TPSA) is 50.4 Å². The standard InChI is InChI=1S/C20H32N2O2/c1-13-11-14(2)18(15(3)12-13)21-16-7-9-17(10-8-16)22-19(23)24-20(4,5)6/h11-12,16-17,21H,7-10H2,1-6H3,(H,22,23). The zero-order valence-electron chi connectivity index (χ0n) is 16.0. The van der Waals surface area contributed by atoms with Gasteiger partial charge in [-0.2, -0.15) is 0 Å². The number of carbonyl (C=O) groups excluding carboxylic acids is 1. The monoisotopic (exact) mass is 332 g/mol. The van der Waals surface area contributed by atoms with Crippen LogP contribution in [0, 0.1) is 20.8 Å². The quantitative estimate of drug-likeness (QED) is 0.831. The van der Waals surface area contributed by atoms with Crippen LogP contribution in [0.4, 0.5) is 10.5 Å². The minimum absolute atomic E-state index is 0.220. The molecule has 1 aliphatic carbocycles. The zero-order chi connectivity index (χ0) is 17.9. The highest BCUT2D eigenvalue weighted by molar-refractivity contribution is 5.68. The second kappa shape index (κ2) is 7.45. The van der Waals surface area contributed by atoms with Crippen LogP contribution < -0.4 is 10.6 Å². The third-order valence-corrected chi connectivity index (χ3v) is 4.47. The first-order valence-electron chi connectivity index (χ1n) is 8.98. The average molecular weight is 332 g/mol. The summed E-state index contributed by atoms with van der Waals surface area (Å²) in [7, 11) is 0. The summed E-state index contributed by atoms with van der Waals surface area (Å²) in [5.74, 6) is 0. The molecule has 0 aliphatic heterocycles. The molecule has 134 valence electrons. The highest BCUT2D eigenvalue weighted by Crippen LogP contribution is 2.27. The van der Waals surface area contributed by atoms with Crippen molar-refractivity contribution in [3.8, 4) is 0 Å². The first kappa shape index (κ1) is 18.6. The van der Waals surface area contributed by atoms with Gasteiger partial charge < -0.3 is 15.4 Å². The number of carbonyl (C=O) groups is 1. The molecule has 4 heteroatoms. The maximum Gasteiger partial charge on any atom is 0.407 e. The number of benzene rings is 1. The van der Waals surface area contributed by atoms with Crippen LogP contribution in [-0.2, 0) is 4.74 Å². The van der Waals surface area contributed by atoms with E-state index in [-0.39, 0.29) is 12.1 Å². The van der Waals surface area contributed by atoms with Crippen LogP contribution in [0.1, 0.15) is 63.1 Å². The number of nitrogens with one attached hydrogen (secondary N) is 2. The van der Waals surface area contributed by atoms with E-state index in [0.29, 0.717) is 6.04 Å². The molecule has 0 heterocycles. The Balaban J connectivity index is 1.84. The van der Waals surface area contributed by atoms with E-state index in [2.05, 4.69) is 43.5 Å². The van der Waals surface area contributed by atoms with E-state index in [4.69, 9.17) is 4.74 Å². The number of aryl methyl sites for hydroxylation is 3. The number of hydrogen-bond acceptors (Lipinski definition) is 3. The molecule has 1 aromatic rings. The normalized spacial score (nSPS) is 21.2. The van der Waals surface area contributed by atoms with Gasteiger partial charge in [-0.15, -0.1) is 0 Å².